The third kappa shape index (κ3) is 3.62. The van der Waals surface area contributed by atoms with E-state index in [2.05, 4.69) is 5.32 Å². The number of hydrogen-bond acceptors (Lipinski definition) is 5. The summed E-state index contributed by atoms with van der Waals surface area (Å²) in [7, 11) is 0. The molecule has 2 aromatic carbocycles. The van der Waals surface area contributed by atoms with Gasteiger partial charge < -0.3 is 9.73 Å². The number of benzene rings is 2. The average molecular weight is 378 g/mol. The molecule has 7 nitrogen and oxygen atoms in total. The van der Waals surface area contributed by atoms with E-state index in [0.717, 1.165) is 0 Å². The maximum atomic E-state index is 12.4. The van der Waals surface area contributed by atoms with Crippen molar-refractivity contribution in [1.29, 1.82) is 5.41 Å². The van der Waals surface area contributed by atoms with Crippen LogP contribution >= 0.6 is 23.2 Å². The Morgan fingerprint density at radius 2 is 1.80 bits per heavy atom. The number of rotatable bonds is 3. The Kier molecular flexibility index (Phi) is 4.43. The first-order valence-corrected chi connectivity index (χ1v) is 7.63. The fourth-order valence-corrected chi connectivity index (χ4v) is 2.76. The fraction of sp³-hybridized carbons (Fsp3) is 0. The smallest absolute Gasteiger partial charge is 0.270 e. The highest BCUT2D eigenvalue weighted by Gasteiger charge is 2.14. The summed E-state index contributed by atoms with van der Waals surface area (Å²) in [5.41, 5.74) is 0.0171. The van der Waals surface area contributed by atoms with Crippen LogP contribution in [0.4, 0.5) is 11.4 Å². The lowest BCUT2D eigenvalue weighted by molar-refractivity contribution is -0.384. The van der Waals surface area contributed by atoms with Crippen LogP contribution in [0.3, 0.4) is 0 Å². The monoisotopic (exact) mass is 377 g/mol. The van der Waals surface area contributed by atoms with Crippen LogP contribution < -0.4 is 10.9 Å². The highest BCUT2D eigenvalue weighted by Crippen LogP contribution is 2.24. The van der Waals surface area contributed by atoms with Crippen molar-refractivity contribution in [3.05, 3.63) is 73.7 Å². The highest BCUT2D eigenvalue weighted by molar-refractivity contribution is 6.35. The van der Waals surface area contributed by atoms with Gasteiger partial charge in [-0.25, -0.2) is 0 Å². The summed E-state index contributed by atoms with van der Waals surface area (Å²) in [4.78, 5) is 22.7. The molecule has 9 heteroatoms. The summed E-state index contributed by atoms with van der Waals surface area (Å²) in [5.74, 6) is -0.625. The minimum Gasteiger partial charge on any atom is -0.438 e. The Balaban J connectivity index is 2.01. The molecule has 0 atom stereocenters. The van der Waals surface area contributed by atoms with Crippen LogP contribution in [0.25, 0.3) is 11.0 Å². The topological polar surface area (TPSA) is 109 Å². The zero-order valence-corrected chi connectivity index (χ0v) is 13.9. The minimum absolute atomic E-state index is 0.0795. The molecular formula is C16H9Cl2N3O4. The summed E-state index contributed by atoms with van der Waals surface area (Å²) in [6.07, 6.45) is 0. The minimum atomic E-state index is -0.625. The van der Waals surface area contributed by atoms with Crippen LogP contribution in [0.5, 0.6) is 0 Å². The van der Waals surface area contributed by atoms with Gasteiger partial charge in [0.2, 0.25) is 5.55 Å². The van der Waals surface area contributed by atoms with Crippen molar-refractivity contribution < 1.29 is 14.1 Å². The number of nitro benzene ring substituents is 1. The van der Waals surface area contributed by atoms with Crippen LogP contribution in [0.1, 0.15) is 10.4 Å². The Morgan fingerprint density at radius 1 is 1.12 bits per heavy atom. The second kappa shape index (κ2) is 6.54. The summed E-state index contributed by atoms with van der Waals surface area (Å²) in [6, 6.07) is 9.78. The summed E-state index contributed by atoms with van der Waals surface area (Å²) < 4.78 is 5.26. The second-order valence-electron chi connectivity index (χ2n) is 5.08. The molecule has 3 rings (SSSR count). The molecule has 0 spiro atoms. The highest BCUT2D eigenvalue weighted by atomic mass is 35.5. The molecule has 1 amide bonds. The molecule has 0 aliphatic heterocycles. The van der Waals surface area contributed by atoms with E-state index in [1.54, 1.807) is 0 Å². The molecule has 25 heavy (non-hydrogen) atoms. The van der Waals surface area contributed by atoms with Crippen LogP contribution in [0.2, 0.25) is 10.0 Å². The molecule has 0 aliphatic carbocycles. The van der Waals surface area contributed by atoms with E-state index in [-0.39, 0.29) is 22.4 Å². The van der Waals surface area contributed by atoms with Gasteiger partial charge in [-0.2, -0.15) is 0 Å². The molecule has 0 bridgehead atoms. The second-order valence-corrected chi connectivity index (χ2v) is 5.95. The zero-order chi connectivity index (χ0) is 18.1. The molecule has 0 aliphatic rings. The van der Waals surface area contributed by atoms with E-state index in [4.69, 9.17) is 33.0 Å². The number of halogens is 2. The lowest BCUT2D eigenvalue weighted by Crippen LogP contribution is -2.20. The predicted molar refractivity (Wildman–Crippen MR) is 93.1 cm³/mol. The molecule has 0 saturated heterocycles. The lowest BCUT2D eigenvalue weighted by atomic mass is 10.1. The van der Waals surface area contributed by atoms with Crippen molar-refractivity contribution in [2.75, 3.05) is 5.32 Å². The molecule has 2 N–H and O–H groups in total. The standard InChI is InChI=1S/C16H9Cl2N3O4/c17-9-5-10(18)7-11(6-9)20-16(22)13-4-8-3-12(21(23)24)1-2-14(8)25-15(13)19/h1-7,19H,(H,20,22). The number of carbonyl (C=O) groups is 1. The maximum Gasteiger partial charge on any atom is 0.270 e. The third-order valence-electron chi connectivity index (χ3n) is 3.33. The Hall–Kier alpha value is -2.90. The number of anilines is 1. The first kappa shape index (κ1) is 16.9. The van der Waals surface area contributed by atoms with Gasteiger partial charge in [0.15, 0.2) is 0 Å². The molecule has 1 aromatic heterocycles. The fourth-order valence-electron chi connectivity index (χ4n) is 2.23. The molecule has 126 valence electrons. The SMILES string of the molecule is N=c1oc2ccc([N+](=O)[O-])cc2cc1C(=O)Nc1cc(Cl)cc(Cl)c1. The van der Waals surface area contributed by atoms with Crippen LogP contribution in [0.15, 0.2) is 46.9 Å². The predicted octanol–water partition coefficient (Wildman–Crippen LogP) is 4.38. The van der Waals surface area contributed by atoms with Gasteiger partial charge in [-0.1, -0.05) is 23.2 Å². The first-order valence-electron chi connectivity index (χ1n) is 6.88. The largest absolute Gasteiger partial charge is 0.438 e. The van der Waals surface area contributed by atoms with E-state index in [1.807, 2.05) is 0 Å². The number of fused-ring (bicyclic) bond motifs is 1. The Bertz CT molecular complexity index is 1060. The number of nitrogens with zero attached hydrogens (tertiary/aromatic N) is 1. The zero-order valence-electron chi connectivity index (χ0n) is 12.4. The van der Waals surface area contributed by atoms with Gasteiger partial charge in [0.25, 0.3) is 11.6 Å². The number of nitrogens with one attached hydrogen (secondary N) is 2. The van der Waals surface area contributed by atoms with E-state index < -0.39 is 10.8 Å². The number of carbonyl (C=O) groups excluding carboxylic acids is 1. The van der Waals surface area contributed by atoms with E-state index in [0.29, 0.717) is 21.1 Å². The number of non-ortho nitro benzene ring substituents is 1. The molecule has 0 radical (unpaired) electrons. The normalized spacial score (nSPS) is 10.6. The molecule has 0 fully saturated rings. The maximum absolute atomic E-state index is 12.4. The Morgan fingerprint density at radius 3 is 2.44 bits per heavy atom. The van der Waals surface area contributed by atoms with Gasteiger partial charge in [-0.15, -0.1) is 0 Å². The molecule has 0 unspecified atom stereocenters. The summed E-state index contributed by atoms with van der Waals surface area (Å²) >= 11 is 11.8. The van der Waals surface area contributed by atoms with Crippen LogP contribution in [0, 0.1) is 15.5 Å². The lowest BCUT2D eigenvalue weighted by Gasteiger charge is -2.07. The molecular weight excluding hydrogens is 369 g/mol. The van der Waals surface area contributed by atoms with Crippen molar-refractivity contribution in [3.63, 3.8) is 0 Å². The van der Waals surface area contributed by atoms with Gasteiger partial charge >= 0.3 is 0 Å². The van der Waals surface area contributed by atoms with Crippen molar-refractivity contribution in [2.45, 2.75) is 0 Å². The van der Waals surface area contributed by atoms with Gasteiger partial charge in [0, 0.05) is 33.3 Å². The third-order valence-corrected chi connectivity index (χ3v) is 3.76. The number of amides is 1. The average Bonchev–Trinajstić information content (AvgIpc) is 2.52. The van der Waals surface area contributed by atoms with Crippen molar-refractivity contribution in [1.82, 2.24) is 0 Å². The van der Waals surface area contributed by atoms with Crippen LogP contribution in [-0.4, -0.2) is 10.8 Å². The number of hydrogen-bond donors (Lipinski definition) is 2. The van der Waals surface area contributed by atoms with Gasteiger partial charge in [-0.05, 0) is 30.3 Å². The number of nitro groups is 1. The molecule has 0 saturated carbocycles. The van der Waals surface area contributed by atoms with E-state index >= 15 is 0 Å². The van der Waals surface area contributed by atoms with E-state index in [1.165, 1.54) is 42.5 Å². The van der Waals surface area contributed by atoms with Crippen molar-refractivity contribution in [2.24, 2.45) is 0 Å². The first-order chi connectivity index (χ1) is 11.8. The molecule has 3 aromatic rings. The quantitative estimate of drug-likeness (QED) is 0.521. The molecule has 1 heterocycles. The van der Waals surface area contributed by atoms with Crippen molar-refractivity contribution >= 4 is 51.5 Å². The van der Waals surface area contributed by atoms with Gasteiger partial charge in [0.1, 0.15) is 11.1 Å². The van der Waals surface area contributed by atoms with Crippen LogP contribution in [-0.2, 0) is 0 Å². The summed E-state index contributed by atoms with van der Waals surface area (Å²) in [5, 5.41) is 22.3. The summed E-state index contributed by atoms with van der Waals surface area (Å²) in [6.45, 7) is 0. The van der Waals surface area contributed by atoms with Crippen molar-refractivity contribution in [3.8, 4) is 0 Å². The van der Waals surface area contributed by atoms with E-state index in [9.17, 15) is 14.9 Å². The van der Waals surface area contributed by atoms with Gasteiger partial charge in [0.05, 0.1) is 4.92 Å². The Labute approximate surface area is 150 Å². The van der Waals surface area contributed by atoms with Gasteiger partial charge in [-0.3, -0.25) is 20.3 Å².